The minimum atomic E-state index is -0.214. The zero-order valence-corrected chi connectivity index (χ0v) is 15.1. The van der Waals surface area contributed by atoms with Crippen molar-refractivity contribution in [3.63, 3.8) is 0 Å². The van der Waals surface area contributed by atoms with Gasteiger partial charge in [-0.2, -0.15) is 0 Å². The van der Waals surface area contributed by atoms with Gasteiger partial charge < -0.3 is 15.5 Å². The van der Waals surface area contributed by atoms with E-state index >= 15 is 0 Å². The highest BCUT2D eigenvalue weighted by Crippen LogP contribution is 2.21. The molecule has 0 saturated heterocycles. The number of rotatable bonds is 5. The van der Waals surface area contributed by atoms with Gasteiger partial charge >= 0.3 is 6.03 Å². The Morgan fingerprint density at radius 2 is 1.42 bits per heavy atom. The van der Waals surface area contributed by atoms with Crippen LogP contribution in [0.1, 0.15) is 5.56 Å². The molecule has 0 aliphatic heterocycles. The van der Waals surface area contributed by atoms with Gasteiger partial charge in [0.05, 0.1) is 0 Å². The first-order valence-corrected chi connectivity index (χ1v) is 8.58. The van der Waals surface area contributed by atoms with Crippen LogP contribution in [-0.2, 0) is 6.54 Å². The van der Waals surface area contributed by atoms with Gasteiger partial charge in [-0.25, -0.2) is 4.79 Å². The molecule has 3 rings (SSSR count). The summed E-state index contributed by atoms with van der Waals surface area (Å²) in [5.41, 5.74) is 5.24. The van der Waals surface area contributed by atoms with Crippen molar-refractivity contribution >= 4 is 17.4 Å². The lowest BCUT2D eigenvalue weighted by molar-refractivity contribution is 0.251. The van der Waals surface area contributed by atoms with Crippen LogP contribution in [0, 0.1) is 0 Å². The Hall–Kier alpha value is -3.27. The van der Waals surface area contributed by atoms with Crippen LogP contribution in [0.5, 0.6) is 0 Å². The van der Waals surface area contributed by atoms with Crippen molar-refractivity contribution in [1.82, 2.24) is 5.32 Å². The molecular formula is C22H23N3O. The second-order valence-corrected chi connectivity index (χ2v) is 6.31. The number of hydrogen-bond acceptors (Lipinski definition) is 2. The van der Waals surface area contributed by atoms with Crippen LogP contribution in [0.4, 0.5) is 16.2 Å². The van der Waals surface area contributed by atoms with E-state index in [-0.39, 0.29) is 6.03 Å². The van der Waals surface area contributed by atoms with Gasteiger partial charge in [-0.3, -0.25) is 0 Å². The highest BCUT2D eigenvalue weighted by molar-refractivity contribution is 5.89. The fourth-order valence-electron chi connectivity index (χ4n) is 2.65. The maximum Gasteiger partial charge on any atom is 0.319 e. The zero-order chi connectivity index (χ0) is 18.4. The van der Waals surface area contributed by atoms with Crippen molar-refractivity contribution in [3.8, 4) is 11.1 Å². The van der Waals surface area contributed by atoms with Gasteiger partial charge in [-0.15, -0.1) is 0 Å². The monoisotopic (exact) mass is 345 g/mol. The summed E-state index contributed by atoms with van der Waals surface area (Å²) in [6.45, 7) is 0.488. The van der Waals surface area contributed by atoms with E-state index in [1.807, 2.05) is 85.7 Å². The predicted octanol–water partition coefficient (Wildman–Crippen LogP) is 4.74. The van der Waals surface area contributed by atoms with Crippen molar-refractivity contribution in [2.45, 2.75) is 6.54 Å². The number of anilines is 2. The first kappa shape index (κ1) is 17.5. The molecule has 0 saturated carbocycles. The third-order valence-electron chi connectivity index (χ3n) is 4.16. The molecule has 4 nitrogen and oxygen atoms in total. The lowest BCUT2D eigenvalue weighted by Crippen LogP contribution is -2.28. The molecule has 0 bridgehead atoms. The summed E-state index contributed by atoms with van der Waals surface area (Å²) in [5.74, 6) is 0. The molecule has 3 aromatic carbocycles. The van der Waals surface area contributed by atoms with Crippen molar-refractivity contribution < 1.29 is 4.79 Å². The lowest BCUT2D eigenvalue weighted by atomic mass is 10.1. The Balaban J connectivity index is 1.53. The molecule has 2 amide bonds. The molecule has 0 heterocycles. The maximum absolute atomic E-state index is 12.1. The smallest absolute Gasteiger partial charge is 0.319 e. The number of urea groups is 1. The van der Waals surface area contributed by atoms with E-state index in [4.69, 9.17) is 0 Å². The van der Waals surface area contributed by atoms with Crippen LogP contribution >= 0.6 is 0 Å². The Morgan fingerprint density at radius 1 is 0.808 bits per heavy atom. The van der Waals surface area contributed by atoms with E-state index < -0.39 is 0 Å². The molecule has 26 heavy (non-hydrogen) atoms. The molecule has 0 fully saturated rings. The molecule has 0 aromatic heterocycles. The second-order valence-electron chi connectivity index (χ2n) is 6.31. The molecule has 4 heteroatoms. The first-order valence-electron chi connectivity index (χ1n) is 8.58. The summed E-state index contributed by atoms with van der Waals surface area (Å²) in [7, 11) is 4.01. The normalized spacial score (nSPS) is 10.2. The average molecular weight is 345 g/mol. The van der Waals surface area contributed by atoms with E-state index in [9.17, 15) is 4.79 Å². The van der Waals surface area contributed by atoms with Gasteiger partial charge in [0, 0.05) is 32.0 Å². The quantitative estimate of drug-likeness (QED) is 0.701. The molecule has 0 spiro atoms. The number of benzene rings is 3. The summed E-state index contributed by atoms with van der Waals surface area (Å²) >= 11 is 0. The van der Waals surface area contributed by atoms with Crippen LogP contribution in [-0.4, -0.2) is 20.1 Å². The van der Waals surface area contributed by atoms with Crippen molar-refractivity contribution in [3.05, 3.63) is 84.4 Å². The molecule has 132 valence electrons. The minimum Gasteiger partial charge on any atom is -0.378 e. The molecule has 0 atom stereocenters. The van der Waals surface area contributed by atoms with E-state index in [0.29, 0.717) is 6.54 Å². The van der Waals surface area contributed by atoms with E-state index in [0.717, 1.165) is 28.1 Å². The molecule has 0 aliphatic carbocycles. The highest BCUT2D eigenvalue weighted by atomic mass is 16.2. The topological polar surface area (TPSA) is 44.4 Å². The molecule has 0 unspecified atom stereocenters. The molecular weight excluding hydrogens is 322 g/mol. The fraction of sp³-hybridized carbons (Fsp3) is 0.136. The van der Waals surface area contributed by atoms with Gasteiger partial charge in [0.2, 0.25) is 0 Å². The Labute approximate surface area is 154 Å². The number of hydrogen-bond donors (Lipinski definition) is 2. The van der Waals surface area contributed by atoms with Crippen LogP contribution in [0.2, 0.25) is 0 Å². The number of carbonyl (C=O) groups excluding carboxylic acids is 1. The van der Waals surface area contributed by atoms with Gasteiger partial charge in [-0.1, -0.05) is 54.6 Å². The van der Waals surface area contributed by atoms with Crippen molar-refractivity contribution in [2.75, 3.05) is 24.3 Å². The third-order valence-corrected chi connectivity index (χ3v) is 4.16. The van der Waals surface area contributed by atoms with Gasteiger partial charge in [0.1, 0.15) is 0 Å². The largest absolute Gasteiger partial charge is 0.378 e. The average Bonchev–Trinajstić information content (AvgIpc) is 2.68. The van der Waals surface area contributed by atoms with E-state index in [1.165, 1.54) is 0 Å². The Bertz CT molecular complexity index is 841. The first-order chi connectivity index (χ1) is 12.6. The SMILES string of the molecule is CN(C)c1ccc(CNC(=O)Nc2ccc(-c3ccccc3)cc2)cc1. The highest BCUT2D eigenvalue weighted by Gasteiger charge is 2.03. The van der Waals surface area contributed by atoms with Crippen LogP contribution in [0.15, 0.2) is 78.9 Å². The summed E-state index contributed by atoms with van der Waals surface area (Å²) in [4.78, 5) is 14.1. The molecule has 0 radical (unpaired) electrons. The summed E-state index contributed by atoms with van der Waals surface area (Å²) in [6, 6.07) is 25.9. The van der Waals surface area contributed by atoms with Crippen molar-refractivity contribution in [2.24, 2.45) is 0 Å². The summed E-state index contributed by atoms with van der Waals surface area (Å²) in [5, 5.41) is 5.74. The second kappa shape index (κ2) is 8.21. The van der Waals surface area contributed by atoms with E-state index in [2.05, 4.69) is 22.8 Å². The van der Waals surface area contributed by atoms with Crippen LogP contribution < -0.4 is 15.5 Å². The standard InChI is InChI=1S/C22H23N3O/c1-25(2)21-14-8-17(9-15-21)16-23-22(26)24-20-12-10-19(11-13-20)18-6-4-3-5-7-18/h3-15H,16H2,1-2H3,(H2,23,24,26). The van der Waals surface area contributed by atoms with Gasteiger partial charge in [0.15, 0.2) is 0 Å². The lowest BCUT2D eigenvalue weighted by Gasteiger charge is -2.13. The van der Waals surface area contributed by atoms with Crippen LogP contribution in [0.3, 0.4) is 0 Å². The number of nitrogens with one attached hydrogen (secondary N) is 2. The Morgan fingerprint density at radius 3 is 2.04 bits per heavy atom. The number of carbonyl (C=O) groups is 1. The summed E-state index contributed by atoms with van der Waals surface area (Å²) < 4.78 is 0. The van der Waals surface area contributed by atoms with Crippen molar-refractivity contribution in [1.29, 1.82) is 0 Å². The van der Waals surface area contributed by atoms with Crippen LogP contribution in [0.25, 0.3) is 11.1 Å². The van der Waals surface area contributed by atoms with Gasteiger partial charge in [0.25, 0.3) is 0 Å². The fourth-order valence-corrected chi connectivity index (χ4v) is 2.65. The third kappa shape index (κ3) is 4.63. The maximum atomic E-state index is 12.1. The summed E-state index contributed by atoms with van der Waals surface area (Å²) in [6.07, 6.45) is 0. The minimum absolute atomic E-state index is 0.214. The number of nitrogens with zero attached hydrogens (tertiary/aromatic N) is 1. The Kier molecular flexibility index (Phi) is 5.54. The predicted molar refractivity (Wildman–Crippen MR) is 109 cm³/mol. The zero-order valence-electron chi connectivity index (χ0n) is 15.1. The van der Waals surface area contributed by atoms with Gasteiger partial charge in [-0.05, 0) is 41.0 Å². The number of amides is 2. The molecule has 0 aliphatic rings. The molecule has 2 N–H and O–H groups in total. The molecule has 3 aromatic rings. The van der Waals surface area contributed by atoms with E-state index in [1.54, 1.807) is 0 Å².